The predicted octanol–water partition coefficient (Wildman–Crippen LogP) is 1.32. The maximum atomic E-state index is 11.0. The minimum absolute atomic E-state index is 0.252. The third kappa shape index (κ3) is 3.58. The minimum atomic E-state index is -0.252. The Morgan fingerprint density at radius 1 is 1.69 bits per heavy atom. The molecule has 84 valence electrons. The molecule has 0 aliphatic heterocycles. The van der Waals surface area contributed by atoms with Crippen LogP contribution in [0.25, 0.3) is 0 Å². The van der Waals surface area contributed by atoms with Crippen LogP contribution >= 0.6 is 0 Å². The first kappa shape index (κ1) is 12.0. The lowest BCUT2D eigenvalue weighted by atomic mass is 10.2. The molecule has 1 aromatic heterocycles. The Bertz CT molecular complexity index is 398. The number of aromatic nitrogens is 1. The molecule has 0 unspecified atom stereocenters. The van der Waals surface area contributed by atoms with E-state index in [0.29, 0.717) is 24.4 Å². The summed E-state index contributed by atoms with van der Waals surface area (Å²) in [6.07, 6.45) is 3.38. The molecule has 1 aromatic rings. The molecular weight excluding hydrogens is 206 g/mol. The quantitative estimate of drug-likeness (QED) is 0.756. The van der Waals surface area contributed by atoms with Gasteiger partial charge in [-0.1, -0.05) is 0 Å². The topological polar surface area (TPSA) is 75.0 Å². The minimum Gasteiger partial charge on any atom is -0.466 e. The van der Waals surface area contributed by atoms with E-state index < -0.39 is 0 Å². The molecule has 0 fully saturated rings. The van der Waals surface area contributed by atoms with Crippen LogP contribution in [0.4, 0.5) is 5.69 Å². The van der Waals surface area contributed by atoms with Gasteiger partial charge in [0.2, 0.25) is 0 Å². The van der Waals surface area contributed by atoms with E-state index in [1.165, 1.54) is 0 Å². The highest BCUT2D eigenvalue weighted by atomic mass is 16.5. The number of carbonyl (C=O) groups is 1. The third-order valence-corrected chi connectivity index (χ3v) is 1.89. The summed E-state index contributed by atoms with van der Waals surface area (Å²) in [6.45, 7) is 2.58. The molecule has 0 spiro atoms. The first-order valence-corrected chi connectivity index (χ1v) is 5.01. The van der Waals surface area contributed by atoms with Gasteiger partial charge in [0.25, 0.3) is 0 Å². The zero-order valence-electron chi connectivity index (χ0n) is 9.06. The number of rotatable bonds is 5. The fraction of sp³-hybridized carbons (Fsp3) is 0.364. The second-order valence-electron chi connectivity index (χ2n) is 3.01. The number of pyridine rings is 1. The van der Waals surface area contributed by atoms with Crippen LogP contribution in [0.2, 0.25) is 0 Å². The Labute approximate surface area is 94.1 Å². The summed E-state index contributed by atoms with van der Waals surface area (Å²) in [5, 5.41) is 11.8. The van der Waals surface area contributed by atoms with Crippen LogP contribution in [0.3, 0.4) is 0 Å². The van der Waals surface area contributed by atoms with Crippen molar-refractivity contribution in [1.82, 2.24) is 4.98 Å². The van der Waals surface area contributed by atoms with Crippen LogP contribution < -0.4 is 5.32 Å². The van der Waals surface area contributed by atoms with E-state index in [9.17, 15) is 4.79 Å². The maximum Gasteiger partial charge on any atom is 0.307 e. The number of nitrogens with one attached hydrogen (secondary N) is 1. The van der Waals surface area contributed by atoms with Crippen molar-refractivity contribution in [1.29, 1.82) is 5.26 Å². The summed E-state index contributed by atoms with van der Waals surface area (Å²) in [6, 6.07) is 3.66. The van der Waals surface area contributed by atoms with Gasteiger partial charge in [-0.3, -0.25) is 9.78 Å². The summed E-state index contributed by atoms with van der Waals surface area (Å²) in [5.41, 5.74) is 1.15. The van der Waals surface area contributed by atoms with Gasteiger partial charge in [-0.25, -0.2) is 0 Å². The third-order valence-electron chi connectivity index (χ3n) is 1.89. The smallest absolute Gasteiger partial charge is 0.307 e. The van der Waals surface area contributed by atoms with E-state index in [-0.39, 0.29) is 12.4 Å². The van der Waals surface area contributed by atoms with Crippen LogP contribution in [0, 0.1) is 11.3 Å². The van der Waals surface area contributed by atoms with Crippen molar-refractivity contribution in [2.24, 2.45) is 0 Å². The predicted molar refractivity (Wildman–Crippen MR) is 58.7 cm³/mol. The maximum absolute atomic E-state index is 11.0. The number of anilines is 1. The number of carbonyl (C=O) groups excluding carboxylic acids is 1. The molecule has 0 bridgehead atoms. The van der Waals surface area contributed by atoms with Gasteiger partial charge in [-0.05, 0) is 13.0 Å². The van der Waals surface area contributed by atoms with Gasteiger partial charge in [-0.2, -0.15) is 5.26 Å². The van der Waals surface area contributed by atoms with Gasteiger partial charge in [-0.15, -0.1) is 0 Å². The van der Waals surface area contributed by atoms with Crippen molar-refractivity contribution in [3.63, 3.8) is 0 Å². The van der Waals surface area contributed by atoms with Gasteiger partial charge in [0, 0.05) is 12.7 Å². The lowest BCUT2D eigenvalue weighted by Gasteiger charge is -2.06. The van der Waals surface area contributed by atoms with Crippen LogP contribution in [0.15, 0.2) is 18.5 Å². The molecule has 5 heteroatoms. The number of hydrogen-bond acceptors (Lipinski definition) is 5. The van der Waals surface area contributed by atoms with Crippen molar-refractivity contribution < 1.29 is 9.53 Å². The highest BCUT2D eigenvalue weighted by Gasteiger charge is 2.03. The summed E-state index contributed by atoms with van der Waals surface area (Å²) >= 11 is 0. The molecule has 1 rings (SSSR count). The van der Waals surface area contributed by atoms with Crippen molar-refractivity contribution >= 4 is 11.7 Å². The second-order valence-corrected chi connectivity index (χ2v) is 3.01. The molecule has 1 heterocycles. The molecule has 0 atom stereocenters. The average molecular weight is 219 g/mol. The lowest BCUT2D eigenvalue weighted by molar-refractivity contribution is -0.142. The van der Waals surface area contributed by atoms with E-state index in [4.69, 9.17) is 10.00 Å². The normalized spacial score (nSPS) is 9.25. The first-order chi connectivity index (χ1) is 7.77. The van der Waals surface area contributed by atoms with E-state index in [0.717, 1.165) is 0 Å². The SMILES string of the molecule is CCOC(=O)CCNc1cnccc1C#N. The Hall–Kier alpha value is -2.09. The van der Waals surface area contributed by atoms with Crippen molar-refractivity contribution in [2.45, 2.75) is 13.3 Å². The Morgan fingerprint density at radius 2 is 2.50 bits per heavy atom. The molecular formula is C11H13N3O2. The second kappa shape index (κ2) is 6.40. The monoisotopic (exact) mass is 219 g/mol. The Balaban J connectivity index is 2.43. The first-order valence-electron chi connectivity index (χ1n) is 5.01. The van der Waals surface area contributed by atoms with Crippen molar-refractivity contribution in [2.75, 3.05) is 18.5 Å². The van der Waals surface area contributed by atoms with Gasteiger partial charge in [0.1, 0.15) is 6.07 Å². The zero-order chi connectivity index (χ0) is 11.8. The molecule has 16 heavy (non-hydrogen) atoms. The Kier molecular flexibility index (Phi) is 4.80. The lowest BCUT2D eigenvalue weighted by Crippen LogP contribution is -2.12. The molecule has 0 saturated heterocycles. The summed E-state index contributed by atoms with van der Waals surface area (Å²) in [7, 11) is 0. The molecule has 0 aromatic carbocycles. The van der Waals surface area contributed by atoms with Crippen LogP contribution in [-0.4, -0.2) is 24.1 Å². The number of hydrogen-bond donors (Lipinski definition) is 1. The van der Waals surface area contributed by atoms with Crippen LogP contribution in [0.5, 0.6) is 0 Å². The summed E-state index contributed by atoms with van der Waals surface area (Å²) in [4.78, 5) is 14.9. The van der Waals surface area contributed by atoms with Crippen LogP contribution in [0.1, 0.15) is 18.9 Å². The molecule has 0 radical (unpaired) electrons. The standard InChI is InChI=1S/C11H13N3O2/c1-2-16-11(15)4-6-14-10-8-13-5-3-9(10)7-12/h3,5,8,14H,2,4,6H2,1H3. The summed E-state index contributed by atoms with van der Waals surface area (Å²) < 4.78 is 4.78. The van der Waals surface area contributed by atoms with E-state index in [1.807, 2.05) is 6.07 Å². The van der Waals surface area contributed by atoms with Crippen LogP contribution in [-0.2, 0) is 9.53 Å². The molecule has 0 saturated carbocycles. The number of nitrogens with zero attached hydrogens (tertiary/aromatic N) is 2. The van der Waals surface area contributed by atoms with Gasteiger partial charge in [0.15, 0.2) is 0 Å². The molecule has 1 N–H and O–H groups in total. The molecule has 5 nitrogen and oxygen atoms in total. The fourth-order valence-electron chi connectivity index (χ4n) is 1.17. The number of ether oxygens (including phenoxy) is 1. The average Bonchev–Trinajstić information content (AvgIpc) is 2.30. The van der Waals surface area contributed by atoms with E-state index >= 15 is 0 Å². The van der Waals surface area contributed by atoms with Gasteiger partial charge >= 0.3 is 5.97 Å². The highest BCUT2D eigenvalue weighted by molar-refractivity contribution is 5.70. The zero-order valence-corrected chi connectivity index (χ0v) is 9.06. The molecule has 0 aliphatic carbocycles. The van der Waals surface area contributed by atoms with Gasteiger partial charge in [0.05, 0.1) is 30.5 Å². The molecule has 0 amide bonds. The van der Waals surface area contributed by atoms with E-state index in [2.05, 4.69) is 10.3 Å². The Morgan fingerprint density at radius 3 is 3.19 bits per heavy atom. The van der Waals surface area contributed by atoms with Crippen molar-refractivity contribution in [3.8, 4) is 6.07 Å². The van der Waals surface area contributed by atoms with E-state index in [1.54, 1.807) is 25.4 Å². The summed E-state index contributed by atoms with van der Waals surface area (Å²) in [5.74, 6) is -0.252. The fourth-order valence-corrected chi connectivity index (χ4v) is 1.17. The van der Waals surface area contributed by atoms with Gasteiger partial charge < -0.3 is 10.1 Å². The largest absolute Gasteiger partial charge is 0.466 e. The molecule has 0 aliphatic rings. The van der Waals surface area contributed by atoms with Crippen molar-refractivity contribution in [3.05, 3.63) is 24.0 Å². The highest BCUT2D eigenvalue weighted by Crippen LogP contribution is 2.11. The number of nitriles is 1. The number of esters is 1.